The van der Waals surface area contributed by atoms with Crippen LogP contribution in [0.2, 0.25) is 0 Å². The van der Waals surface area contributed by atoms with E-state index in [-0.39, 0.29) is 50.0 Å². The van der Waals surface area contributed by atoms with Crippen LogP contribution in [0.1, 0.15) is 49.9 Å². The molecule has 0 N–H and O–H groups in total. The van der Waals surface area contributed by atoms with Crippen LogP contribution in [0, 0.1) is 5.92 Å². The highest BCUT2D eigenvalue weighted by molar-refractivity contribution is 9.10. The van der Waals surface area contributed by atoms with Crippen LogP contribution in [0.25, 0.3) is 0 Å². The number of Topliss-reactive ketones (excluding diaryl/α,β-unsaturated/α-hetero) is 1. The van der Waals surface area contributed by atoms with Crippen LogP contribution in [0.3, 0.4) is 0 Å². The average Bonchev–Trinajstić information content (AvgIpc) is 2.83. The quantitative estimate of drug-likeness (QED) is 0.628. The molecule has 0 aromatic heterocycles. The topological polar surface area (TPSA) is 46.6 Å². The number of alkyl halides is 2. The third kappa shape index (κ3) is 3.63. The Balaban J connectivity index is 1.81. The Morgan fingerprint density at radius 3 is 2.35 bits per heavy atom. The molecule has 1 aliphatic heterocycles. The van der Waals surface area contributed by atoms with Crippen LogP contribution in [0.5, 0.6) is 0 Å². The number of halogens is 3. The van der Waals surface area contributed by atoms with E-state index < -0.39 is 17.6 Å². The molecule has 1 amide bonds. The van der Waals surface area contributed by atoms with Crippen LogP contribution >= 0.6 is 15.9 Å². The summed E-state index contributed by atoms with van der Waals surface area (Å²) in [4.78, 5) is 26.5. The molecule has 1 atom stereocenters. The van der Waals surface area contributed by atoms with Crippen LogP contribution in [-0.4, -0.2) is 40.9 Å². The Morgan fingerprint density at radius 2 is 1.81 bits per heavy atom. The Hall–Kier alpha value is -1.50. The molecular weight excluding hydrogens is 408 g/mol. The normalized spacial score (nSPS) is 24.2. The smallest absolute Gasteiger partial charge is 0.411 e. The molecule has 26 heavy (non-hydrogen) atoms. The molecule has 7 heteroatoms. The van der Waals surface area contributed by atoms with Crippen LogP contribution < -0.4 is 0 Å². The van der Waals surface area contributed by atoms with Gasteiger partial charge in [0, 0.05) is 22.9 Å². The van der Waals surface area contributed by atoms with Gasteiger partial charge in [0.1, 0.15) is 5.60 Å². The third-order valence-corrected chi connectivity index (χ3v) is 5.87. The van der Waals surface area contributed by atoms with E-state index in [2.05, 4.69) is 15.9 Å². The molecule has 0 bridgehead atoms. The molecule has 1 heterocycles. The Kier molecular flexibility index (Phi) is 5.12. The summed E-state index contributed by atoms with van der Waals surface area (Å²) in [6.45, 7) is 3.75. The minimum Gasteiger partial charge on any atom is -0.441 e. The monoisotopic (exact) mass is 429 g/mol. The van der Waals surface area contributed by atoms with Crippen molar-refractivity contribution >= 4 is 27.8 Å². The van der Waals surface area contributed by atoms with Gasteiger partial charge in [0.25, 0.3) is 0 Å². The summed E-state index contributed by atoms with van der Waals surface area (Å²) in [6.07, 6.45) is -0.926. The standard InChI is InChI=1S/C19H22BrF2NO3/c1-12(2)16-18(7-9-19(21,22)10-8-18)26-17(25)23(16)11-15(24)13-3-5-14(20)6-4-13/h3-6,12,16H,7-11H2,1-2H3. The lowest BCUT2D eigenvalue weighted by atomic mass is 9.74. The Bertz CT molecular complexity index is 695. The van der Waals surface area contributed by atoms with Gasteiger partial charge in [0.05, 0.1) is 12.6 Å². The maximum absolute atomic E-state index is 13.6. The molecule has 3 rings (SSSR count). The minimum atomic E-state index is -2.71. The Labute approximate surface area is 160 Å². The van der Waals surface area contributed by atoms with Crippen molar-refractivity contribution in [1.29, 1.82) is 0 Å². The number of amides is 1. The molecule has 2 aliphatic rings. The van der Waals surface area contributed by atoms with Crippen molar-refractivity contribution < 1.29 is 23.1 Å². The number of hydrogen-bond donors (Lipinski definition) is 0. The molecule has 4 nitrogen and oxygen atoms in total. The van der Waals surface area contributed by atoms with Gasteiger partial charge in [-0.05, 0) is 30.9 Å². The first-order valence-corrected chi connectivity index (χ1v) is 9.59. The first kappa shape index (κ1) is 19.3. The van der Waals surface area contributed by atoms with E-state index in [1.807, 2.05) is 13.8 Å². The molecule has 1 aliphatic carbocycles. The van der Waals surface area contributed by atoms with E-state index in [0.29, 0.717) is 5.56 Å². The van der Waals surface area contributed by atoms with E-state index in [0.717, 1.165) is 4.47 Å². The van der Waals surface area contributed by atoms with Crippen molar-refractivity contribution in [2.75, 3.05) is 6.54 Å². The predicted octanol–water partition coefficient (Wildman–Crippen LogP) is 5.06. The molecule has 1 unspecified atom stereocenters. The number of carbonyl (C=O) groups is 2. The van der Waals surface area contributed by atoms with Crippen LogP contribution in [-0.2, 0) is 4.74 Å². The van der Waals surface area contributed by atoms with Gasteiger partial charge >= 0.3 is 6.09 Å². The molecule has 1 aromatic carbocycles. The number of ketones is 1. The Morgan fingerprint density at radius 1 is 1.23 bits per heavy atom. The van der Waals surface area contributed by atoms with Crippen LogP contribution in [0.4, 0.5) is 13.6 Å². The largest absolute Gasteiger partial charge is 0.441 e. The number of carbonyl (C=O) groups excluding carboxylic acids is 2. The van der Waals surface area contributed by atoms with E-state index >= 15 is 0 Å². The van der Waals surface area contributed by atoms with Crippen molar-refractivity contribution in [3.05, 3.63) is 34.3 Å². The molecule has 1 saturated carbocycles. The van der Waals surface area contributed by atoms with Crippen molar-refractivity contribution in [3.63, 3.8) is 0 Å². The lowest BCUT2D eigenvalue weighted by Crippen LogP contribution is -2.52. The molecule has 1 aromatic rings. The summed E-state index contributed by atoms with van der Waals surface area (Å²) in [5.41, 5.74) is -0.424. The van der Waals surface area contributed by atoms with Crippen LogP contribution in [0.15, 0.2) is 28.7 Å². The summed E-state index contributed by atoms with van der Waals surface area (Å²) in [5, 5.41) is 0. The van der Waals surface area contributed by atoms with Gasteiger partial charge in [-0.2, -0.15) is 0 Å². The number of ether oxygens (including phenoxy) is 1. The van der Waals surface area contributed by atoms with Crippen molar-refractivity contribution in [1.82, 2.24) is 4.90 Å². The first-order valence-electron chi connectivity index (χ1n) is 8.80. The van der Waals surface area contributed by atoms with E-state index in [1.165, 1.54) is 4.90 Å². The molecule has 1 spiro atoms. The molecule has 1 saturated heterocycles. The highest BCUT2D eigenvalue weighted by atomic mass is 79.9. The second-order valence-electron chi connectivity index (χ2n) is 7.54. The summed E-state index contributed by atoms with van der Waals surface area (Å²) in [6, 6.07) is 6.52. The molecule has 142 valence electrons. The first-order chi connectivity index (χ1) is 12.1. The highest BCUT2D eigenvalue weighted by Gasteiger charge is 2.58. The van der Waals surface area contributed by atoms with Gasteiger partial charge in [-0.25, -0.2) is 13.6 Å². The van der Waals surface area contributed by atoms with Gasteiger partial charge in [0.2, 0.25) is 5.92 Å². The zero-order valence-electron chi connectivity index (χ0n) is 14.8. The fraction of sp³-hybridized carbons (Fsp3) is 0.579. The van der Waals surface area contributed by atoms with E-state index in [1.54, 1.807) is 24.3 Å². The zero-order valence-corrected chi connectivity index (χ0v) is 16.4. The van der Waals surface area contributed by atoms with Gasteiger partial charge in [-0.1, -0.05) is 41.9 Å². The minimum absolute atomic E-state index is 0.00843. The fourth-order valence-corrected chi connectivity index (χ4v) is 4.40. The SMILES string of the molecule is CC(C)C1N(CC(=O)c2ccc(Br)cc2)C(=O)OC12CCC(F)(F)CC2. The summed E-state index contributed by atoms with van der Waals surface area (Å²) in [5.74, 6) is -2.91. The molecule has 2 fully saturated rings. The lowest BCUT2D eigenvalue weighted by molar-refractivity contribution is -0.106. The summed E-state index contributed by atoms with van der Waals surface area (Å²) >= 11 is 3.32. The van der Waals surface area contributed by atoms with Gasteiger partial charge in [-0.15, -0.1) is 0 Å². The van der Waals surface area contributed by atoms with Gasteiger partial charge < -0.3 is 4.74 Å². The van der Waals surface area contributed by atoms with Crippen molar-refractivity contribution in [2.45, 2.75) is 57.1 Å². The summed E-state index contributed by atoms with van der Waals surface area (Å²) in [7, 11) is 0. The second-order valence-corrected chi connectivity index (χ2v) is 8.45. The number of rotatable bonds is 4. The van der Waals surface area contributed by atoms with Gasteiger partial charge in [0.15, 0.2) is 5.78 Å². The molecule has 0 radical (unpaired) electrons. The van der Waals surface area contributed by atoms with Gasteiger partial charge in [-0.3, -0.25) is 9.69 Å². The third-order valence-electron chi connectivity index (χ3n) is 5.34. The van der Waals surface area contributed by atoms with E-state index in [4.69, 9.17) is 4.74 Å². The summed E-state index contributed by atoms with van der Waals surface area (Å²) < 4.78 is 33.7. The highest BCUT2D eigenvalue weighted by Crippen LogP contribution is 2.48. The molecular formula is C19H22BrF2NO3. The second kappa shape index (κ2) is 6.91. The number of nitrogens with zero attached hydrogens (tertiary/aromatic N) is 1. The lowest BCUT2D eigenvalue weighted by Gasteiger charge is -2.41. The maximum atomic E-state index is 13.6. The number of hydrogen-bond acceptors (Lipinski definition) is 3. The zero-order chi connectivity index (χ0) is 19.1. The fourth-order valence-electron chi connectivity index (χ4n) is 4.14. The van der Waals surface area contributed by atoms with E-state index in [9.17, 15) is 18.4 Å². The van der Waals surface area contributed by atoms with Crippen molar-refractivity contribution in [2.24, 2.45) is 5.92 Å². The predicted molar refractivity (Wildman–Crippen MR) is 96.4 cm³/mol. The maximum Gasteiger partial charge on any atom is 0.411 e. The number of benzene rings is 1. The van der Waals surface area contributed by atoms with Crippen molar-refractivity contribution in [3.8, 4) is 0 Å². The average molecular weight is 430 g/mol.